The zero-order valence-corrected chi connectivity index (χ0v) is 17.0. The Bertz CT molecular complexity index is 659. The smallest absolute Gasteiger partial charge is 0.306 e. The molecule has 4 atom stereocenters. The van der Waals surface area contributed by atoms with Crippen molar-refractivity contribution in [2.24, 2.45) is 11.8 Å². The van der Waals surface area contributed by atoms with Gasteiger partial charge in [0.15, 0.2) is 11.9 Å². The van der Waals surface area contributed by atoms with Gasteiger partial charge >= 0.3 is 5.97 Å². The number of ketones is 2. The quantitative estimate of drug-likeness (QED) is 0.243. The van der Waals surface area contributed by atoms with E-state index >= 15 is 0 Å². The summed E-state index contributed by atoms with van der Waals surface area (Å²) in [6, 6.07) is 0. The molecular weight excluding hydrogens is 368 g/mol. The summed E-state index contributed by atoms with van der Waals surface area (Å²) in [6.45, 7) is 11.5. The zero-order valence-electron chi connectivity index (χ0n) is 17.0. The van der Waals surface area contributed by atoms with E-state index in [0.717, 1.165) is 13.0 Å². The van der Waals surface area contributed by atoms with Crippen molar-refractivity contribution < 1.29 is 39.5 Å². The Morgan fingerprint density at radius 3 is 2.46 bits per heavy atom. The second-order valence-electron chi connectivity index (χ2n) is 8.30. The van der Waals surface area contributed by atoms with Gasteiger partial charge in [0.1, 0.15) is 11.2 Å². The van der Waals surface area contributed by atoms with Gasteiger partial charge in [0.05, 0.1) is 6.10 Å². The van der Waals surface area contributed by atoms with Crippen LogP contribution >= 0.6 is 0 Å². The molecule has 1 saturated carbocycles. The second-order valence-corrected chi connectivity index (χ2v) is 8.30. The van der Waals surface area contributed by atoms with Crippen LogP contribution in [0.3, 0.4) is 0 Å². The molecule has 1 fully saturated rings. The molecule has 4 unspecified atom stereocenters. The van der Waals surface area contributed by atoms with Crippen molar-refractivity contribution >= 4 is 17.5 Å². The maximum Gasteiger partial charge on any atom is 0.306 e. The molecule has 3 N–H and O–H groups in total. The van der Waals surface area contributed by atoms with E-state index in [9.17, 15) is 24.6 Å². The summed E-state index contributed by atoms with van der Waals surface area (Å²) in [4.78, 5) is 41.5. The van der Waals surface area contributed by atoms with E-state index in [4.69, 9.17) is 9.99 Å². The highest BCUT2D eigenvalue weighted by atomic mass is 17.1. The van der Waals surface area contributed by atoms with Crippen molar-refractivity contribution in [1.82, 2.24) is 0 Å². The minimum absolute atomic E-state index is 0.00998. The summed E-state index contributed by atoms with van der Waals surface area (Å²) in [7, 11) is 0. The fourth-order valence-corrected chi connectivity index (χ4v) is 2.81. The van der Waals surface area contributed by atoms with Gasteiger partial charge in [-0.2, -0.15) is 0 Å². The van der Waals surface area contributed by atoms with Gasteiger partial charge in [-0.1, -0.05) is 20.4 Å². The van der Waals surface area contributed by atoms with E-state index < -0.39 is 46.9 Å². The van der Waals surface area contributed by atoms with Crippen LogP contribution in [-0.4, -0.2) is 56.4 Å². The van der Waals surface area contributed by atoms with Crippen molar-refractivity contribution in [1.29, 1.82) is 0 Å². The van der Waals surface area contributed by atoms with Crippen LogP contribution in [0.5, 0.6) is 0 Å². The lowest BCUT2D eigenvalue weighted by Gasteiger charge is -2.41. The fraction of sp³-hybridized carbons (Fsp3) is 0.650. The minimum Gasteiger partial charge on any atom is -0.454 e. The standard InChI is InChI=1S/C20H30O8/c1-11(2)9-16(23)27-17-13(10-15(22)20(6,25)18(17)24)12(3)14(21)7-8-19(4,5)28-26/h7-8,11,13,15,17,22,25-26H,3,9-10H2,1-2,4-6H3. The van der Waals surface area contributed by atoms with Crippen LogP contribution in [-0.2, 0) is 24.0 Å². The average Bonchev–Trinajstić information content (AvgIpc) is 2.59. The minimum atomic E-state index is -2.11. The van der Waals surface area contributed by atoms with Gasteiger partial charge in [0.25, 0.3) is 0 Å². The molecule has 158 valence electrons. The summed E-state index contributed by atoms with van der Waals surface area (Å²) < 4.78 is 5.29. The largest absolute Gasteiger partial charge is 0.454 e. The monoisotopic (exact) mass is 398 g/mol. The number of hydrogen-bond donors (Lipinski definition) is 3. The highest BCUT2D eigenvalue weighted by molar-refractivity contribution is 6.05. The molecule has 0 aliphatic heterocycles. The molecule has 0 spiro atoms. The summed E-state index contributed by atoms with van der Waals surface area (Å²) in [5.41, 5.74) is -3.29. The number of aliphatic hydroxyl groups is 2. The summed E-state index contributed by atoms with van der Waals surface area (Å²) in [6.07, 6.45) is -0.584. The molecule has 0 amide bonds. The molecule has 0 saturated heterocycles. The average molecular weight is 398 g/mol. The highest BCUT2D eigenvalue weighted by Gasteiger charge is 2.53. The van der Waals surface area contributed by atoms with Gasteiger partial charge in [-0.3, -0.25) is 19.6 Å². The van der Waals surface area contributed by atoms with Crippen LogP contribution in [0.2, 0.25) is 0 Å². The van der Waals surface area contributed by atoms with Gasteiger partial charge in [0, 0.05) is 12.3 Å². The topological polar surface area (TPSA) is 130 Å². The molecule has 0 aromatic rings. The first-order chi connectivity index (χ1) is 12.7. The van der Waals surface area contributed by atoms with E-state index in [0.29, 0.717) is 0 Å². The Morgan fingerprint density at radius 2 is 1.96 bits per heavy atom. The maximum absolute atomic E-state index is 12.7. The van der Waals surface area contributed by atoms with Crippen LogP contribution in [0.15, 0.2) is 24.3 Å². The van der Waals surface area contributed by atoms with Gasteiger partial charge in [-0.15, -0.1) is 0 Å². The summed E-state index contributed by atoms with van der Waals surface area (Å²) >= 11 is 0. The van der Waals surface area contributed by atoms with Crippen molar-refractivity contribution in [2.75, 3.05) is 0 Å². The molecule has 8 heteroatoms. The predicted molar refractivity (Wildman–Crippen MR) is 100 cm³/mol. The molecule has 28 heavy (non-hydrogen) atoms. The number of hydrogen-bond acceptors (Lipinski definition) is 8. The SMILES string of the molecule is C=C(C(=O)C=CC(C)(C)OO)C1CC(O)C(C)(O)C(=O)C1OC(=O)CC(C)C. The number of Topliss-reactive ketones (excluding diaryl/α,β-unsaturated/α-hetero) is 1. The van der Waals surface area contributed by atoms with Crippen molar-refractivity contribution in [3.63, 3.8) is 0 Å². The first-order valence-corrected chi connectivity index (χ1v) is 9.12. The number of allylic oxidation sites excluding steroid dienone is 1. The van der Waals surface area contributed by atoms with Gasteiger partial charge in [-0.05, 0) is 50.8 Å². The second kappa shape index (κ2) is 9.09. The fourth-order valence-electron chi connectivity index (χ4n) is 2.81. The normalized spacial score (nSPS) is 28.6. The maximum atomic E-state index is 12.7. The molecule has 8 nitrogen and oxygen atoms in total. The van der Waals surface area contributed by atoms with E-state index in [2.05, 4.69) is 11.5 Å². The lowest BCUT2D eigenvalue weighted by atomic mass is 9.71. The Balaban J connectivity index is 3.12. The third-order valence-electron chi connectivity index (χ3n) is 4.72. The van der Waals surface area contributed by atoms with Gasteiger partial charge in [0.2, 0.25) is 5.78 Å². The molecule has 1 aliphatic carbocycles. The number of rotatable bonds is 8. The molecular formula is C20H30O8. The van der Waals surface area contributed by atoms with E-state index in [1.807, 2.05) is 0 Å². The Hall–Kier alpha value is -1.87. The van der Waals surface area contributed by atoms with Gasteiger partial charge in [-0.25, -0.2) is 4.89 Å². The van der Waals surface area contributed by atoms with Crippen LogP contribution in [0.1, 0.15) is 47.5 Å². The van der Waals surface area contributed by atoms with E-state index in [-0.39, 0.29) is 24.3 Å². The number of ether oxygens (including phenoxy) is 1. The predicted octanol–water partition coefficient (Wildman–Crippen LogP) is 1.59. The third-order valence-corrected chi connectivity index (χ3v) is 4.72. The lowest BCUT2D eigenvalue weighted by molar-refractivity contribution is -0.297. The van der Waals surface area contributed by atoms with Crippen LogP contribution in [0.4, 0.5) is 0 Å². The molecule has 0 radical (unpaired) electrons. The summed E-state index contributed by atoms with van der Waals surface area (Å²) in [5, 5.41) is 29.2. The summed E-state index contributed by atoms with van der Waals surface area (Å²) in [5.74, 6) is -3.11. The van der Waals surface area contributed by atoms with Crippen molar-refractivity contribution in [2.45, 2.75) is 70.9 Å². The Morgan fingerprint density at radius 1 is 1.39 bits per heavy atom. The molecule has 1 aliphatic rings. The van der Waals surface area contributed by atoms with Crippen LogP contribution in [0.25, 0.3) is 0 Å². The van der Waals surface area contributed by atoms with Crippen molar-refractivity contribution in [3.05, 3.63) is 24.3 Å². The lowest BCUT2D eigenvalue weighted by Crippen LogP contribution is -2.60. The van der Waals surface area contributed by atoms with Crippen molar-refractivity contribution in [3.8, 4) is 0 Å². The van der Waals surface area contributed by atoms with Crippen LogP contribution in [0, 0.1) is 11.8 Å². The molecule has 0 aromatic heterocycles. The number of aliphatic hydroxyl groups excluding tert-OH is 1. The number of carbonyl (C=O) groups excluding carboxylic acids is 3. The first-order valence-electron chi connectivity index (χ1n) is 9.12. The first kappa shape index (κ1) is 24.2. The molecule has 0 heterocycles. The third kappa shape index (κ3) is 5.81. The number of esters is 1. The number of carbonyl (C=O) groups is 3. The van der Waals surface area contributed by atoms with Gasteiger partial charge < -0.3 is 14.9 Å². The molecule has 0 bridgehead atoms. The molecule has 1 rings (SSSR count). The molecule has 0 aromatic carbocycles. The zero-order chi connectivity index (χ0) is 21.9. The Kier molecular flexibility index (Phi) is 7.84. The van der Waals surface area contributed by atoms with Crippen LogP contribution < -0.4 is 0 Å². The van der Waals surface area contributed by atoms with E-state index in [1.54, 1.807) is 13.8 Å². The van der Waals surface area contributed by atoms with E-state index in [1.165, 1.54) is 19.9 Å². The Labute approximate surface area is 164 Å². The highest BCUT2D eigenvalue weighted by Crippen LogP contribution is 2.36.